The Kier molecular flexibility index (Phi) is 3.80. The van der Waals surface area contributed by atoms with E-state index in [9.17, 15) is 0 Å². The number of hydrogen-bond donors (Lipinski definition) is 2. The third-order valence-electron chi connectivity index (χ3n) is 3.17. The van der Waals surface area contributed by atoms with Gasteiger partial charge in [-0.3, -0.25) is 0 Å². The van der Waals surface area contributed by atoms with E-state index in [1.807, 2.05) is 0 Å². The van der Waals surface area contributed by atoms with Crippen LogP contribution in [0.2, 0.25) is 0 Å². The van der Waals surface area contributed by atoms with Crippen LogP contribution in [-0.2, 0) is 0 Å². The van der Waals surface area contributed by atoms with E-state index >= 15 is 0 Å². The molecule has 0 bridgehead atoms. The first kappa shape index (κ1) is 13.9. The van der Waals surface area contributed by atoms with Gasteiger partial charge in [0.1, 0.15) is 0 Å². The summed E-state index contributed by atoms with van der Waals surface area (Å²) in [7, 11) is 0. The van der Waals surface area contributed by atoms with Crippen molar-refractivity contribution >= 4 is 0 Å². The van der Waals surface area contributed by atoms with Gasteiger partial charge in [-0.25, -0.2) is 0 Å². The molecule has 2 heteroatoms. The van der Waals surface area contributed by atoms with Crippen molar-refractivity contribution in [2.75, 3.05) is 0 Å². The molecule has 0 radical (unpaired) electrons. The molecule has 2 atom stereocenters. The van der Waals surface area contributed by atoms with Gasteiger partial charge in [0.25, 0.3) is 0 Å². The zero-order valence-electron chi connectivity index (χ0n) is 11.2. The zero-order valence-corrected chi connectivity index (χ0v) is 11.2. The van der Waals surface area contributed by atoms with Crippen molar-refractivity contribution < 1.29 is 0 Å². The van der Waals surface area contributed by atoms with Crippen LogP contribution in [0.1, 0.15) is 55.4 Å². The minimum Gasteiger partial charge on any atom is -0.324 e. The van der Waals surface area contributed by atoms with Crippen molar-refractivity contribution in [3.8, 4) is 0 Å². The van der Waals surface area contributed by atoms with E-state index in [1.165, 1.54) is 0 Å². The van der Waals surface area contributed by atoms with E-state index < -0.39 is 0 Å². The highest BCUT2D eigenvalue weighted by atomic mass is 15.0. The van der Waals surface area contributed by atoms with Crippen LogP contribution in [-0.4, -0.2) is 17.1 Å². The third-order valence-corrected chi connectivity index (χ3v) is 3.17. The molecule has 0 fully saturated rings. The van der Waals surface area contributed by atoms with E-state index in [-0.39, 0.29) is 16.5 Å². The van der Waals surface area contributed by atoms with Gasteiger partial charge < -0.3 is 11.1 Å². The molecule has 0 amide bonds. The van der Waals surface area contributed by atoms with Crippen LogP contribution in [0, 0.1) is 5.41 Å². The summed E-state index contributed by atoms with van der Waals surface area (Å²) in [5.41, 5.74) is 6.39. The van der Waals surface area contributed by atoms with Gasteiger partial charge in [0.05, 0.1) is 0 Å². The molecular weight excluding hydrogens is 172 g/mol. The van der Waals surface area contributed by atoms with Gasteiger partial charge in [-0.15, -0.1) is 0 Å². The summed E-state index contributed by atoms with van der Waals surface area (Å²) in [5.74, 6) is 0. The van der Waals surface area contributed by atoms with Gasteiger partial charge >= 0.3 is 0 Å². The second-order valence-corrected chi connectivity index (χ2v) is 6.65. The molecule has 0 aromatic heterocycles. The Labute approximate surface area is 89.6 Å². The summed E-state index contributed by atoms with van der Waals surface area (Å²) in [4.78, 5) is 0. The van der Waals surface area contributed by atoms with Gasteiger partial charge in [0.15, 0.2) is 0 Å². The molecule has 0 saturated heterocycles. The van der Waals surface area contributed by atoms with Crippen LogP contribution in [0.25, 0.3) is 0 Å². The van der Waals surface area contributed by atoms with Gasteiger partial charge in [-0.05, 0) is 40.0 Å². The van der Waals surface area contributed by atoms with Crippen molar-refractivity contribution in [2.45, 2.75) is 72.5 Å². The first-order chi connectivity index (χ1) is 5.88. The Hall–Kier alpha value is -0.0800. The summed E-state index contributed by atoms with van der Waals surface area (Å²) in [6.07, 6.45) is 0. The number of hydrogen-bond acceptors (Lipinski definition) is 2. The Bertz CT molecular complexity index is 181. The van der Waals surface area contributed by atoms with Crippen LogP contribution >= 0.6 is 0 Å². The van der Waals surface area contributed by atoms with Crippen molar-refractivity contribution in [1.29, 1.82) is 0 Å². The number of rotatable bonds is 2. The van der Waals surface area contributed by atoms with Gasteiger partial charge in [0.2, 0.25) is 0 Å². The summed E-state index contributed by atoms with van der Waals surface area (Å²) in [6.45, 7) is 17.4. The molecule has 0 aromatic carbocycles. The largest absolute Gasteiger partial charge is 0.324 e. The standard InChI is InChI=1S/C12H28N2/c1-9(14-11(5,6)7)12(8,13)10(2,3)4/h9,14H,13H2,1-8H3. The van der Waals surface area contributed by atoms with Crippen molar-refractivity contribution in [3.05, 3.63) is 0 Å². The first-order valence-electron chi connectivity index (χ1n) is 5.44. The van der Waals surface area contributed by atoms with Crippen LogP contribution in [0.5, 0.6) is 0 Å². The Morgan fingerprint density at radius 3 is 1.50 bits per heavy atom. The lowest BCUT2D eigenvalue weighted by Gasteiger charge is -2.45. The minimum absolute atomic E-state index is 0.102. The topological polar surface area (TPSA) is 38.0 Å². The summed E-state index contributed by atoms with van der Waals surface area (Å²) < 4.78 is 0. The predicted octanol–water partition coefficient (Wildman–Crippen LogP) is 2.53. The molecule has 0 saturated carbocycles. The molecule has 0 aromatic rings. The van der Waals surface area contributed by atoms with Crippen LogP contribution < -0.4 is 11.1 Å². The highest BCUT2D eigenvalue weighted by molar-refractivity contribution is 5.00. The van der Waals surface area contributed by atoms with Gasteiger partial charge in [-0.1, -0.05) is 20.8 Å². The normalized spacial score (nSPS) is 20.4. The molecule has 0 aliphatic carbocycles. The summed E-state index contributed by atoms with van der Waals surface area (Å²) in [5, 5.41) is 3.54. The maximum absolute atomic E-state index is 6.38. The highest BCUT2D eigenvalue weighted by Crippen LogP contribution is 2.31. The molecule has 0 spiro atoms. The van der Waals surface area contributed by atoms with Crippen LogP contribution in [0.3, 0.4) is 0 Å². The minimum atomic E-state index is -0.208. The lowest BCUT2D eigenvalue weighted by molar-refractivity contribution is 0.141. The highest BCUT2D eigenvalue weighted by Gasteiger charge is 2.39. The van der Waals surface area contributed by atoms with Crippen LogP contribution in [0.15, 0.2) is 0 Å². The molecule has 2 nitrogen and oxygen atoms in total. The summed E-state index contributed by atoms with van der Waals surface area (Å²) in [6, 6.07) is 0.294. The first-order valence-corrected chi connectivity index (χ1v) is 5.44. The molecule has 0 heterocycles. The second kappa shape index (κ2) is 3.82. The van der Waals surface area contributed by atoms with Crippen LogP contribution in [0.4, 0.5) is 0 Å². The lowest BCUT2D eigenvalue weighted by Crippen LogP contribution is -2.64. The molecule has 0 aliphatic rings. The monoisotopic (exact) mass is 200 g/mol. The Balaban J connectivity index is 4.61. The van der Waals surface area contributed by atoms with Crippen molar-refractivity contribution in [1.82, 2.24) is 5.32 Å². The zero-order chi connectivity index (χ0) is 11.8. The van der Waals surface area contributed by atoms with Crippen molar-refractivity contribution in [3.63, 3.8) is 0 Å². The molecule has 14 heavy (non-hydrogen) atoms. The fraction of sp³-hybridized carbons (Fsp3) is 1.00. The average molecular weight is 200 g/mol. The van der Waals surface area contributed by atoms with Gasteiger partial charge in [0, 0.05) is 17.1 Å². The average Bonchev–Trinajstić information content (AvgIpc) is 1.80. The third kappa shape index (κ3) is 3.58. The Morgan fingerprint density at radius 2 is 1.29 bits per heavy atom. The lowest BCUT2D eigenvalue weighted by atomic mass is 9.71. The smallest absolute Gasteiger partial charge is 0.0327 e. The Morgan fingerprint density at radius 1 is 0.929 bits per heavy atom. The molecule has 2 unspecified atom stereocenters. The number of nitrogens with one attached hydrogen (secondary N) is 1. The van der Waals surface area contributed by atoms with E-state index in [0.717, 1.165) is 0 Å². The SMILES string of the molecule is CC(NC(C)(C)C)C(C)(N)C(C)(C)C. The predicted molar refractivity (Wildman–Crippen MR) is 64.4 cm³/mol. The maximum Gasteiger partial charge on any atom is 0.0327 e. The van der Waals surface area contributed by atoms with E-state index in [4.69, 9.17) is 5.73 Å². The molecule has 0 rings (SSSR count). The maximum atomic E-state index is 6.38. The van der Waals surface area contributed by atoms with Crippen molar-refractivity contribution in [2.24, 2.45) is 11.1 Å². The van der Waals surface area contributed by atoms with E-state index in [2.05, 4.69) is 60.7 Å². The second-order valence-electron chi connectivity index (χ2n) is 6.65. The van der Waals surface area contributed by atoms with E-state index in [0.29, 0.717) is 6.04 Å². The fourth-order valence-electron chi connectivity index (χ4n) is 1.45. The molecule has 3 N–H and O–H groups in total. The van der Waals surface area contributed by atoms with Gasteiger partial charge in [-0.2, -0.15) is 0 Å². The summed E-state index contributed by atoms with van der Waals surface area (Å²) >= 11 is 0. The quantitative estimate of drug-likeness (QED) is 0.719. The van der Waals surface area contributed by atoms with E-state index in [1.54, 1.807) is 0 Å². The molecular formula is C12H28N2. The molecule has 0 aliphatic heterocycles. The number of nitrogens with two attached hydrogens (primary N) is 1. The fourth-order valence-corrected chi connectivity index (χ4v) is 1.45. The molecule has 86 valence electrons.